The zero-order chi connectivity index (χ0) is 10.6. The van der Waals surface area contributed by atoms with Crippen LogP contribution < -0.4 is 0 Å². The summed E-state index contributed by atoms with van der Waals surface area (Å²) in [6, 6.07) is 4.86. The maximum atomic E-state index is 11.4. The van der Waals surface area contributed by atoms with Crippen LogP contribution in [0.4, 0.5) is 0 Å². The monoisotopic (exact) mass is 194 g/mol. The van der Waals surface area contributed by atoms with Crippen molar-refractivity contribution in [2.24, 2.45) is 0 Å². The number of carbonyl (C=O) groups is 1. The Kier molecular flexibility index (Phi) is 3.51. The Morgan fingerprint density at radius 1 is 1.50 bits per heavy atom. The molecule has 1 aromatic rings. The van der Waals surface area contributed by atoms with Crippen LogP contribution in [0.1, 0.15) is 29.3 Å². The number of hydrogen-bond acceptors (Lipinski definition) is 3. The highest BCUT2D eigenvalue weighted by molar-refractivity contribution is 5.92. The van der Waals surface area contributed by atoms with Crippen molar-refractivity contribution in [1.82, 2.24) is 0 Å². The summed E-state index contributed by atoms with van der Waals surface area (Å²) in [5.41, 5.74) is 1.16. The van der Waals surface area contributed by atoms with E-state index in [9.17, 15) is 9.90 Å². The average molecular weight is 194 g/mol. The molecule has 0 unspecified atom stereocenters. The third-order valence-corrected chi connectivity index (χ3v) is 1.81. The first kappa shape index (κ1) is 10.6. The topological polar surface area (TPSA) is 46.5 Å². The molecule has 0 fully saturated rings. The Balaban J connectivity index is 2.83. The second kappa shape index (κ2) is 4.65. The summed E-state index contributed by atoms with van der Waals surface area (Å²) in [7, 11) is 0. The first-order valence-electron chi connectivity index (χ1n) is 4.62. The van der Waals surface area contributed by atoms with Gasteiger partial charge in [-0.1, -0.05) is 18.6 Å². The van der Waals surface area contributed by atoms with Gasteiger partial charge in [-0.05, 0) is 25.5 Å². The summed E-state index contributed by atoms with van der Waals surface area (Å²) >= 11 is 0. The van der Waals surface area contributed by atoms with Crippen LogP contribution in [0.25, 0.3) is 0 Å². The van der Waals surface area contributed by atoms with E-state index >= 15 is 0 Å². The lowest BCUT2D eigenvalue weighted by molar-refractivity contribution is 0.0501. The van der Waals surface area contributed by atoms with Crippen molar-refractivity contribution in [2.45, 2.75) is 20.3 Å². The van der Waals surface area contributed by atoms with Gasteiger partial charge in [-0.2, -0.15) is 0 Å². The standard InChI is InChI=1S/C11H14O3/c1-3-6-14-11(13)9-7-8(2)4-5-10(9)12/h4-5,7,12H,3,6H2,1-2H3. The smallest absolute Gasteiger partial charge is 0.341 e. The molecule has 0 heterocycles. The lowest BCUT2D eigenvalue weighted by Crippen LogP contribution is -2.06. The third kappa shape index (κ3) is 2.49. The predicted octanol–water partition coefficient (Wildman–Crippen LogP) is 2.27. The number of aryl methyl sites for hydroxylation is 1. The number of hydrogen-bond donors (Lipinski definition) is 1. The minimum atomic E-state index is -0.465. The van der Waals surface area contributed by atoms with Crippen LogP contribution in [0.5, 0.6) is 5.75 Å². The van der Waals surface area contributed by atoms with Gasteiger partial charge < -0.3 is 9.84 Å². The molecule has 3 nitrogen and oxygen atoms in total. The van der Waals surface area contributed by atoms with E-state index in [1.165, 1.54) is 6.07 Å². The molecule has 0 saturated heterocycles. The fourth-order valence-corrected chi connectivity index (χ4v) is 1.09. The highest BCUT2D eigenvalue weighted by Gasteiger charge is 2.11. The van der Waals surface area contributed by atoms with Crippen molar-refractivity contribution in [3.05, 3.63) is 29.3 Å². The normalized spacial score (nSPS) is 9.86. The summed E-state index contributed by atoms with van der Waals surface area (Å²) in [6.45, 7) is 4.16. The minimum absolute atomic E-state index is 0.0308. The van der Waals surface area contributed by atoms with Crippen molar-refractivity contribution >= 4 is 5.97 Å². The van der Waals surface area contributed by atoms with Gasteiger partial charge in [0.2, 0.25) is 0 Å². The van der Waals surface area contributed by atoms with E-state index in [0.717, 1.165) is 12.0 Å². The molecule has 0 saturated carbocycles. The van der Waals surface area contributed by atoms with Crippen molar-refractivity contribution in [1.29, 1.82) is 0 Å². The zero-order valence-electron chi connectivity index (χ0n) is 8.41. The molecule has 0 aromatic heterocycles. The van der Waals surface area contributed by atoms with Crippen molar-refractivity contribution in [3.63, 3.8) is 0 Å². The molecule has 1 aromatic carbocycles. The summed E-state index contributed by atoms with van der Waals surface area (Å²) < 4.78 is 4.91. The van der Waals surface area contributed by atoms with Gasteiger partial charge in [0.05, 0.1) is 6.61 Å². The van der Waals surface area contributed by atoms with Gasteiger partial charge in [0.15, 0.2) is 0 Å². The summed E-state index contributed by atoms with van der Waals surface area (Å²) in [6.07, 6.45) is 0.776. The van der Waals surface area contributed by atoms with Crippen LogP contribution >= 0.6 is 0 Å². The van der Waals surface area contributed by atoms with E-state index in [4.69, 9.17) is 4.74 Å². The number of rotatable bonds is 3. The van der Waals surface area contributed by atoms with Crippen molar-refractivity contribution < 1.29 is 14.6 Å². The SMILES string of the molecule is CCCOC(=O)c1cc(C)ccc1O. The number of esters is 1. The summed E-state index contributed by atoms with van der Waals surface area (Å²) in [5, 5.41) is 9.40. The summed E-state index contributed by atoms with van der Waals surface area (Å²) in [4.78, 5) is 11.4. The number of aromatic hydroxyl groups is 1. The molecule has 0 aliphatic rings. The first-order valence-corrected chi connectivity index (χ1v) is 4.62. The van der Waals surface area contributed by atoms with E-state index in [1.807, 2.05) is 13.8 Å². The molecule has 1 rings (SSSR count). The van der Waals surface area contributed by atoms with E-state index in [0.29, 0.717) is 6.61 Å². The fourth-order valence-electron chi connectivity index (χ4n) is 1.09. The van der Waals surface area contributed by atoms with Crippen LogP contribution in [-0.2, 0) is 4.74 Å². The first-order chi connectivity index (χ1) is 6.65. The zero-order valence-corrected chi connectivity index (χ0v) is 8.41. The van der Waals surface area contributed by atoms with Crippen LogP contribution in [0.2, 0.25) is 0 Å². The molecule has 0 amide bonds. The fraction of sp³-hybridized carbons (Fsp3) is 0.364. The second-order valence-electron chi connectivity index (χ2n) is 3.16. The maximum absolute atomic E-state index is 11.4. The van der Waals surface area contributed by atoms with Gasteiger partial charge in [0.1, 0.15) is 11.3 Å². The molecule has 14 heavy (non-hydrogen) atoms. The highest BCUT2D eigenvalue weighted by Crippen LogP contribution is 2.18. The Morgan fingerprint density at radius 3 is 2.86 bits per heavy atom. The third-order valence-electron chi connectivity index (χ3n) is 1.81. The van der Waals surface area contributed by atoms with Crippen molar-refractivity contribution in [3.8, 4) is 5.75 Å². The quantitative estimate of drug-likeness (QED) is 0.751. The van der Waals surface area contributed by atoms with Crippen molar-refractivity contribution in [2.75, 3.05) is 6.61 Å². The second-order valence-corrected chi connectivity index (χ2v) is 3.16. The van der Waals surface area contributed by atoms with Crippen LogP contribution in [0.15, 0.2) is 18.2 Å². The minimum Gasteiger partial charge on any atom is -0.507 e. The number of phenols is 1. The number of carbonyl (C=O) groups excluding carboxylic acids is 1. The molecule has 0 aliphatic carbocycles. The van der Waals surface area contributed by atoms with Gasteiger partial charge in [-0.25, -0.2) is 4.79 Å². The molecular formula is C11H14O3. The van der Waals surface area contributed by atoms with E-state index in [1.54, 1.807) is 12.1 Å². The van der Waals surface area contributed by atoms with Crippen LogP contribution in [0, 0.1) is 6.92 Å². The summed E-state index contributed by atoms with van der Waals surface area (Å²) in [5.74, 6) is -0.496. The largest absolute Gasteiger partial charge is 0.507 e. The number of benzene rings is 1. The predicted molar refractivity (Wildman–Crippen MR) is 53.4 cm³/mol. The maximum Gasteiger partial charge on any atom is 0.341 e. The Hall–Kier alpha value is -1.51. The number of ether oxygens (including phenoxy) is 1. The molecule has 1 N–H and O–H groups in total. The lowest BCUT2D eigenvalue weighted by atomic mass is 10.1. The molecule has 0 spiro atoms. The molecule has 0 bridgehead atoms. The van der Waals surface area contributed by atoms with Gasteiger partial charge in [0.25, 0.3) is 0 Å². The van der Waals surface area contributed by atoms with E-state index in [-0.39, 0.29) is 11.3 Å². The van der Waals surface area contributed by atoms with E-state index < -0.39 is 5.97 Å². The lowest BCUT2D eigenvalue weighted by Gasteiger charge is -2.05. The number of phenolic OH excluding ortho intramolecular Hbond substituents is 1. The van der Waals surface area contributed by atoms with Crippen LogP contribution in [0.3, 0.4) is 0 Å². The molecule has 0 radical (unpaired) electrons. The van der Waals surface area contributed by atoms with Gasteiger partial charge in [-0.15, -0.1) is 0 Å². The Bertz CT molecular complexity index is 331. The molecule has 0 atom stereocenters. The highest BCUT2D eigenvalue weighted by atomic mass is 16.5. The average Bonchev–Trinajstić information content (AvgIpc) is 2.18. The van der Waals surface area contributed by atoms with Gasteiger partial charge in [-0.3, -0.25) is 0 Å². The van der Waals surface area contributed by atoms with Gasteiger partial charge in [0, 0.05) is 0 Å². The van der Waals surface area contributed by atoms with E-state index in [2.05, 4.69) is 0 Å². The molecule has 76 valence electrons. The molecule has 3 heteroatoms. The Morgan fingerprint density at radius 2 is 2.21 bits per heavy atom. The van der Waals surface area contributed by atoms with Gasteiger partial charge >= 0.3 is 5.97 Å². The van der Waals surface area contributed by atoms with Crippen LogP contribution in [-0.4, -0.2) is 17.7 Å². The Labute approximate surface area is 83.3 Å². The molecular weight excluding hydrogens is 180 g/mol. The molecule has 0 aliphatic heterocycles.